The Morgan fingerprint density at radius 3 is 0.911 bits per heavy atom. The topological polar surface area (TPSA) is 78.9 Å². The fraction of sp³-hybridized carbons (Fsp3) is 0.900. The van der Waals surface area contributed by atoms with E-state index >= 15 is 0 Å². The molecule has 0 amide bonds. The summed E-state index contributed by atoms with van der Waals surface area (Å²) in [5, 5.41) is 0. The van der Waals surface area contributed by atoms with Gasteiger partial charge in [0.1, 0.15) is 13.2 Å². The molecule has 0 heterocycles. The number of rotatable bonds is 45. The molecule has 0 aliphatic heterocycles. The molecule has 0 rings (SSSR count). The predicted molar refractivity (Wildman–Crippen MR) is 238 cm³/mol. The first kappa shape index (κ1) is 54.2. The molecule has 0 saturated heterocycles. The monoisotopic (exact) mass is 791 g/mol. The van der Waals surface area contributed by atoms with Gasteiger partial charge in [-0.05, 0) is 44.9 Å². The lowest BCUT2D eigenvalue weighted by atomic mass is 10.0. The summed E-state index contributed by atoms with van der Waals surface area (Å²) in [6.07, 6.45) is 49.1. The van der Waals surface area contributed by atoms with Crippen LogP contribution in [0.15, 0.2) is 12.2 Å². The van der Waals surface area contributed by atoms with Crippen LogP contribution in [0.3, 0.4) is 0 Å². The van der Waals surface area contributed by atoms with Crippen molar-refractivity contribution in [2.45, 2.75) is 277 Å². The molecule has 0 spiro atoms. The molecule has 330 valence electrons. The number of carbonyl (C=O) groups excluding carboxylic acids is 3. The van der Waals surface area contributed by atoms with Gasteiger partial charge in [0.2, 0.25) is 0 Å². The number of unbranched alkanes of at least 4 members (excludes halogenated alkanes) is 32. The Morgan fingerprint density at radius 1 is 0.339 bits per heavy atom. The number of esters is 3. The van der Waals surface area contributed by atoms with Crippen LogP contribution >= 0.6 is 0 Å². The molecule has 56 heavy (non-hydrogen) atoms. The Hall–Kier alpha value is -1.85. The summed E-state index contributed by atoms with van der Waals surface area (Å²) in [6.45, 7) is 6.62. The number of carbonyl (C=O) groups is 3. The Bertz CT molecular complexity index is 870. The summed E-state index contributed by atoms with van der Waals surface area (Å²) < 4.78 is 16.7. The van der Waals surface area contributed by atoms with E-state index in [1.54, 1.807) is 0 Å². The molecule has 0 fully saturated rings. The van der Waals surface area contributed by atoms with E-state index < -0.39 is 6.10 Å². The van der Waals surface area contributed by atoms with Crippen LogP contribution in [0, 0.1) is 0 Å². The molecular formula is C50H94O6. The molecular weight excluding hydrogens is 697 g/mol. The zero-order valence-corrected chi connectivity index (χ0v) is 37.7. The Labute approximate surface area is 348 Å². The van der Waals surface area contributed by atoms with Crippen molar-refractivity contribution in [1.82, 2.24) is 0 Å². The normalized spacial score (nSPS) is 12.0. The van der Waals surface area contributed by atoms with E-state index in [-0.39, 0.29) is 31.1 Å². The number of hydrogen-bond acceptors (Lipinski definition) is 6. The van der Waals surface area contributed by atoms with Crippen molar-refractivity contribution >= 4 is 17.9 Å². The Kier molecular flexibility index (Phi) is 44.3. The van der Waals surface area contributed by atoms with Crippen LogP contribution in [0.5, 0.6) is 0 Å². The molecule has 0 aromatic rings. The fourth-order valence-electron chi connectivity index (χ4n) is 7.26. The first-order chi connectivity index (χ1) is 27.5. The lowest BCUT2D eigenvalue weighted by molar-refractivity contribution is -0.167. The van der Waals surface area contributed by atoms with Crippen LogP contribution in [0.1, 0.15) is 271 Å². The Morgan fingerprint density at radius 2 is 0.589 bits per heavy atom. The zero-order chi connectivity index (χ0) is 40.8. The van der Waals surface area contributed by atoms with Crippen molar-refractivity contribution in [3.63, 3.8) is 0 Å². The zero-order valence-electron chi connectivity index (χ0n) is 37.7. The molecule has 1 unspecified atom stereocenters. The largest absolute Gasteiger partial charge is 0.462 e. The molecule has 6 nitrogen and oxygen atoms in total. The van der Waals surface area contributed by atoms with Gasteiger partial charge in [-0.1, -0.05) is 219 Å². The highest BCUT2D eigenvalue weighted by Crippen LogP contribution is 2.16. The smallest absolute Gasteiger partial charge is 0.306 e. The van der Waals surface area contributed by atoms with Gasteiger partial charge in [0.25, 0.3) is 0 Å². The quantitative estimate of drug-likeness (QED) is 0.0264. The van der Waals surface area contributed by atoms with Gasteiger partial charge < -0.3 is 14.2 Å². The Balaban J connectivity index is 4.29. The summed E-state index contributed by atoms with van der Waals surface area (Å²) in [6, 6.07) is 0. The summed E-state index contributed by atoms with van der Waals surface area (Å²) in [7, 11) is 0. The first-order valence-electron chi connectivity index (χ1n) is 24.7. The van der Waals surface area contributed by atoms with Crippen molar-refractivity contribution in [2.24, 2.45) is 0 Å². The summed E-state index contributed by atoms with van der Waals surface area (Å²) in [5.74, 6) is -0.867. The van der Waals surface area contributed by atoms with Gasteiger partial charge in [-0.3, -0.25) is 14.4 Å². The average Bonchev–Trinajstić information content (AvgIpc) is 3.19. The van der Waals surface area contributed by atoms with Crippen molar-refractivity contribution in [1.29, 1.82) is 0 Å². The molecule has 0 aliphatic rings. The second-order valence-corrected chi connectivity index (χ2v) is 16.7. The molecule has 0 radical (unpaired) electrons. The molecule has 0 aliphatic carbocycles. The second-order valence-electron chi connectivity index (χ2n) is 16.7. The van der Waals surface area contributed by atoms with E-state index in [0.717, 1.165) is 64.2 Å². The third kappa shape index (κ3) is 43.3. The first-order valence-corrected chi connectivity index (χ1v) is 24.7. The molecule has 6 heteroatoms. The van der Waals surface area contributed by atoms with E-state index in [1.807, 2.05) is 0 Å². The maximum absolute atomic E-state index is 12.7. The van der Waals surface area contributed by atoms with Gasteiger partial charge in [0.05, 0.1) is 0 Å². The van der Waals surface area contributed by atoms with Crippen LogP contribution in [0.4, 0.5) is 0 Å². The van der Waals surface area contributed by atoms with Crippen LogP contribution in [0.2, 0.25) is 0 Å². The van der Waals surface area contributed by atoms with Gasteiger partial charge in [-0.15, -0.1) is 0 Å². The van der Waals surface area contributed by atoms with E-state index in [2.05, 4.69) is 32.9 Å². The maximum Gasteiger partial charge on any atom is 0.306 e. The number of ether oxygens (including phenoxy) is 3. The third-order valence-electron chi connectivity index (χ3n) is 11.0. The molecule has 0 aromatic carbocycles. The van der Waals surface area contributed by atoms with Crippen molar-refractivity contribution in [3.8, 4) is 0 Å². The van der Waals surface area contributed by atoms with Crippen LogP contribution in [0.25, 0.3) is 0 Å². The van der Waals surface area contributed by atoms with Crippen molar-refractivity contribution in [3.05, 3.63) is 12.2 Å². The molecule has 0 N–H and O–H groups in total. The van der Waals surface area contributed by atoms with Gasteiger partial charge >= 0.3 is 17.9 Å². The molecule has 0 saturated carbocycles. The lowest BCUT2D eigenvalue weighted by Gasteiger charge is -2.18. The predicted octanol–water partition coefficient (Wildman–Crippen LogP) is 15.8. The third-order valence-corrected chi connectivity index (χ3v) is 11.0. The molecule has 0 aromatic heterocycles. The molecule has 1 atom stereocenters. The number of allylic oxidation sites excluding steroid dienone is 2. The minimum absolute atomic E-state index is 0.0686. The van der Waals surface area contributed by atoms with Crippen LogP contribution < -0.4 is 0 Å². The fourth-order valence-corrected chi connectivity index (χ4v) is 7.26. The van der Waals surface area contributed by atoms with E-state index in [4.69, 9.17) is 14.2 Å². The highest BCUT2D eigenvalue weighted by Gasteiger charge is 2.19. The average molecular weight is 791 g/mol. The molecule has 0 bridgehead atoms. The minimum atomic E-state index is -0.766. The van der Waals surface area contributed by atoms with Crippen molar-refractivity contribution < 1.29 is 28.6 Å². The van der Waals surface area contributed by atoms with Crippen LogP contribution in [-0.4, -0.2) is 37.2 Å². The minimum Gasteiger partial charge on any atom is -0.462 e. The van der Waals surface area contributed by atoms with E-state index in [1.165, 1.54) is 167 Å². The summed E-state index contributed by atoms with van der Waals surface area (Å²) >= 11 is 0. The van der Waals surface area contributed by atoms with Gasteiger partial charge in [-0.2, -0.15) is 0 Å². The van der Waals surface area contributed by atoms with E-state index in [0.29, 0.717) is 19.3 Å². The lowest BCUT2D eigenvalue weighted by Crippen LogP contribution is -2.30. The highest BCUT2D eigenvalue weighted by molar-refractivity contribution is 5.71. The number of hydrogen-bond donors (Lipinski definition) is 0. The SMILES string of the molecule is CCCCCC/C=C\CCCCCCCC(=O)OC(COC(=O)CCCCCCCCCCC)COC(=O)CCCCCCCCCCCCCCCCCC. The summed E-state index contributed by atoms with van der Waals surface area (Å²) in [4.78, 5) is 37.8. The van der Waals surface area contributed by atoms with Crippen molar-refractivity contribution in [2.75, 3.05) is 13.2 Å². The second kappa shape index (κ2) is 45.8. The highest BCUT2D eigenvalue weighted by atomic mass is 16.6. The summed E-state index contributed by atoms with van der Waals surface area (Å²) in [5.41, 5.74) is 0. The van der Waals surface area contributed by atoms with Gasteiger partial charge in [0.15, 0.2) is 6.10 Å². The van der Waals surface area contributed by atoms with Gasteiger partial charge in [0, 0.05) is 19.3 Å². The van der Waals surface area contributed by atoms with Gasteiger partial charge in [-0.25, -0.2) is 0 Å². The standard InChI is InChI=1S/C50H94O6/c1-4-7-10-13-16-19-21-23-24-25-27-28-31-34-37-40-43-49(52)55-46-47(45-54-48(51)42-39-36-33-30-18-15-12-9-6-3)56-50(53)44-41-38-35-32-29-26-22-20-17-14-11-8-5-2/h20,22,47H,4-19,21,23-46H2,1-3H3/b22-20-. The van der Waals surface area contributed by atoms with E-state index in [9.17, 15) is 14.4 Å². The van der Waals surface area contributed by atoms with Crippen LogP contribution in [-0.2, 0) is 28.6 Å². The maximum atomic E-state index is 12.7.